The van der Waals surface area contributed by atoms with Crippen molar-refractivity contribution in [2.45, 2.75) is 29.9 Å². The summed E-state index contributed by atoms with van der Waals surface area (Å²) in [5.41, 5.74) is 0.655. The molecule has 0 aliphatic carbocycles. The second kappa shape index (κ2) is 5.91. The Hall–Kier alpha value is -1.16. The third kappa shape index (κ3) is 3.94. The molecule has 1 aliphatic rings. The van der Waals surface area contributed by atoms with Crippen LogP contribution in [0.15, 0.2) is 23.1 Å². The van der Waals surface area contributed by atoms with Crippen molar-refractivity contribution in [3.63, 3.8) is 0 Å². The molecule has 1 aliphatic heterocycles. The smallest absolute Gasteiger partial charge is 0.238 e. The van der Waals surface area contributed by atoms with E-state index in [-0.39, 0.29) is 10.6 Å². The van der Waals surface area contributed by atoms with E-state index in [1.165, 1.54) is 18.2 Å². The molecule has 0 saturated carbocycles. The number of nitrogens with one attached hydrogen (secondary N) is 1. The van der Waals surface area contributed by atoms with Gasteiger partial charge >= 0.3 is 0 Å². The van der Waals surface area contributed by atoms with E-state index >= 15 is 0 Å². The molecule has 0 unspecified atom stereocenters. The van der Waals surface area contributed by atoms with Crippen molar-refractivity contribution in [2.24, 2.45) is 5.14 Å². The molecule has 0 amide bonds. The van der Waals surface area contributed by atoms with Gasteiger partial charge in [0, 0.05) is 18.9 Å². The second-order valence-electron chi connectivity index (χ2n) is 4.98. The predicted molar refractivity (Wildman–Crippen MR) is 78.9 cm³/mol. The molecule has 1 heterocycles. The maximum Gasteiger partial charge on any atom is 0.238 e. The third-order valence-electron chi connectivity index (χ3n) is 3.36. The van der Waals surface area contributed by atoms with Crippen LogP contribution in [-0.2, 0) is 24.8 Å². The van der Waals surface area contributed by atoms with Crippen LogP contribution in [0.1, 0.15) is 18.4 Å². The maximum absolute atomic E-state index is 12.3. The van der Waals surface area contributed by atoms with Crippen LogP contribution in [0.5, 0.6) is 0 Å². The minimum Gasteiger partial charge on any atom is -0.381 e. The van der Waals surface area contributed by atoms with Crippen LogP contribution in [0, 0.1) is 6.92 Å². The van der Waals surface area contributed by atoms with Crippen LogP contribution in [0.4, 0.5) is 5.69 Å². The summed E-state index contributed by atoms with van der Waals surface area (Å²) in [6.45, 7) is 2.40. The molecule has 118 valence electrons. The number of nitrogens with two attached hydrogens (primary N) is 1. The summed E-state index contributed by atoms with van der Waals surface area (Å²) in [6.07, 6.45) is 0.840. The topological polar surface area (TPSA) is 116 Å². The molecule has 1 saturated heterocycles. The quantitative estimate of drug-likeness (QED) is 0.835. The molecule has 0 radical (unpaired) electrons. The zero-order valence-corrected chi connectivity index (χ0v) is 13.2. The number of anilines is 1. The highest BCUT2D eigenvalue weighted by Gasteiger charge is 2.28. The summed E-state index contributed by atoms with van der Waals surface area (Å²) in [6, 6.07) is 4.27. The highest BCUT2D eigenvalue weighted by molar-refractivity contribution is 7.93. The number of hydrogen-bond donors (Lipinski definition) is 2. The Morgan fingerprint density at radius 3 is 2.38 bits per heavy atom. The average Bonchev–Trinajstić information content (AvgIpc) is 2.40. The van der Waals surface area contributed by atoms with E-state index in [1.807, 2.05) is 0 Å². The fraction of sp³-hybridized carbons (Fsp3) is 0.500. The molecule has 0 bridgehead atoms. The van der Waals surface area contributed by atoms with Crippen molar-refractivity contribution in [3.8, 4) is 0 Å². The summed E-state index contributed by atoms with van der Waals surface area (Å²) < 4.78 is 55.0. The Bertz CT molecular complexity index is 722. The Kier molecular flexibility index (Phi) is 4.57. The van der Waals surface area contributed by atoms with Gasteiger partial charge in [0.2, 0.25) is 20.0 Å². The summed E-state index contributed by atoms with van der Waals surface area (Å²) in [4.78, 5) is -0.0883. The standard InChI is InChI=1S/C12H18N2O5S2/c1-9-2-3-10(8-12(9)20(13,15)16)14-21(17,18)11-4-6-19-7-5-11/h2-3,8,11,14H,4-7H2,1H3,(H2,13,15,16). The molecule has 9 heteroatoms. The highest BCUT2D eigenvalue weighted by atomic mass is 32.2. The van der Waals surface area contributed by atoms with Crippen molar-refractivity contribution in [1.29, 1.82) is 0 Å². The monoisotopic (exact) mass is 334 g/mol. The van der Waals surface area contributed by atoms with Crippen LogP contribution >= 0.6 is 0 Å². The summed E-state index contributed by atoms with van der Waals surface area (Å²) >= 11 is 0. The highest BCUT2D eigenvalue weighted by Crippen LogP contribution is 2.23. The van der Waals surface area contributed by atoms with E-state index in [0.29, 0.717) is 31.6 Å². The third-order valence-corrected chi connectivity index (χ3v) is 6.28. The van der Waals surface area contributed by atoms with Crippen LogP contribution < -0.4 is 9.86 Å². The van der Waals surface area contributed by atoms with Crippen molar-refractivity contribution >= 4 is 25.7 Å². The zero-order valence-electron chi connectivity index (χ0n) is 11.6. The molecule has 1 fully saturated rings. The molecule has 3 N–H and O–H groups in total. The first-order valence-electron chi connectivity index (χ1n) is 6.43. The van der Waals surface area contributed by atoms with E-state index in [9.17, 15) is 16.8 Å². The zero-order chi connectivity index (χ0) is 15.7. The largest absolute Gasteiger partial charge is 0.381 e. The first kappa shape index (κ1) is 16.2. The summed E-state index contributed by atoms with van der Waals surface area (Å²) in [5.74, 6) is 0. The van der Waals surface area contributed by atoms with Crippen molar-refractivity contribution in [3.05, 3.63) is 23.8 Å². The van der Waals surface area contributed by atoms with Gasteiger partial charge in [-0.1, -0.05) is 6.07 Å². The number of rotatable bonds is 4. The lowest BCUT2D eigenvalue weighted by atomic mass is 10.2. The minimum absolute atomic E-state index is 0.0883. The molecule has 0 aromatic heterocycles. The number of aryl methyl sites for hydroxylation is 1. The SMILES string of the molecule is Cc1ccc(NS(=O)(=O)C2CCOCC2)cc1S(N)(=O)=O. The molecule has 21 heavy (non-hydrogen) atoms. The molecule has 1 aromatic rings. The molecule has 2 rings (SSSR count). The molecule has 1 aromatic carbocycles. The van der Waals surface area contributed by atoms with Gasteiger partial charge in [0.25, 0.3) is 0 Å². The number of primary sulfonamides is 1. The van der Waals surface area contributed by atoms with Gasteiger partial charge in [-0.15, -0.1) is 0 Å². The molecule has 0 spiro atoms. The first-order chi connectivity index (χ1) is 9.70. The van der Waals surface area contributed by atoms with Gasteiger partial charge in [-0.25, -0.2) is 22.0 Å². The van der Waals surface area contributed by atoms with Gasteiger partial charge in [-0.3, -0.25) is 4.72 Å². The van der Waals surface area contributed by atoms with Crippen LogP contribution in [-0.4, -0.2) is 35.3 Å². The molecule has 7 nitrogen and oxygen atoms in total. The van der Waals surface area contributed by atoms with E-state index in [1.54, 1.807) is 6.92 Å². The van der Waals surface area contributed by atoms with E-state index in [2.05, 4.69) is 4.72 Å². The Labute approximate surface area is 124 Å². The van der Waals surface area contributed by atoms with Gasteiger partial charge in [0.1, 0.15) is 0 Å². The summed E-state index contributed by atoms with van der Waals surface area (Å²) in [7, 11) is -7.47. The number of sulfonamides is 2. The van der Waals surface area contributed by atoms with Gasteiger partial charge in [0.05, 0.1) is 10.1 Å². The minimum atomic E-state index is -3.89. The van der Waals surface area contributed by atoms with Crippen molar-refractivity contribution in [2.75, 3.05) is 17.9 Å². The molecular weight excluding hydrogens is 316 g/mol. The van der Waals surface area contributed by atoms with E-state index in [4.69, 9.17) is 9.88 Å². The van der Waals surface area contributed by atoms with Crippen molar-refractivity contribution < 1.29 is 21.6 Å². The van der Waals surface area contributed by atoms with Gasteiger partial charge in [0.15, 0.2) is 0 Å². The fourth-order valence-corrected chi connectivity index (χ4v) is 4.45. The average molecular weight is 334 g/mol. The lowest BCUT2D eigenvalue weighted by Gasteiger charge is -2.23. The second-order valence-corrected chi connectivity index (χ2v) is 8.47. The molecule has 0 atom stereocenters. The number of hydrogen-bond acceptors (Lipinski definition) is 5. The Morgan fingerprint density at radius 2 is 1.81 bits per heavy atom. The number of benzene rings is 1. The fourth-order valence-electron chi connectivity index (χ4n) is 2.20. The lowest BCUT2D eigenvalue weighted by Crippen LogP contribution is -2.33. The maximum atomic E-state index is 12.3. The van der Waals surface area contributed by atoms with Gasteiger partial charge in [-0.05, 0) is 37.5 Å². The van der Waals surface area contributed by atoms with Gasteiger partial charge in [-0.2, -0.15) is 0 Å². The molecular formula is C12H18N2O5S2. The van der Waals surface area contributed by atoms with Crippen LogP contribution in [0.3, 0.4) is 0 Å². The normalized spacial score (nSPS) is 17.6. The van der Waals surface area contributed by atoms with E-state index in [0.717, 1.165) is 0 Å². The summed E-state index contributed by atoms with van der Waals surface area (Å²) in [5, 5.41) is 4.57. The number of ether oxygens (including phenoxy) is 1. The Balaban J connectivity index is 2.27. The van der Waals surface area contributed by atoms with Crippen molar-refractivity contribution in [1.82, 2.24) is 0 Å². The Morgan fingerprint density at radius 1 is 1.19 bits per heavy atom. The van der Waals surface area contributed by atoms with Crippen LogP contribution in [0.25, 0.3) is 0 Å². The first-order valence-corrected chi connectivity index (χ1v) is 9.52. The van der Waals surface area contributed by atoms with E-state index < -0.39 is 25.3 Å². The predicted octanol–water partition coefficient (Wildman–Crippen LogP) is 0.563. The van der Waals surface area contributed by atoms with Crippen LogP contribution in [0.2, 0.25) is 0 Å². The van der Waals surface area contributed by atoms with Gasteiger partial charge < -0.3 is 4.74 Å². The lowest BCUT2D eigenvalue weighted by molar-refractivity contribution is 0.0984.